The number of piperidine rings is 1. The molecule has 1 fully saturated rings. The van der Waals surface area contributed by atoms with Gasteiger partial charge in [0.05, 0.1) is 8.07 Å². The summed E-state index contributed by atoms with van der Waals surface area (Å²) in [6.45, 7) is 7.59. The largest absolute Gasteiger partial charge is 0.306 e. The Balaban J connectivity index is 2.09. The molecule has 0 aromatic heterocycles. The number of benzene rings is 1. The van der Waals surface area contributed by atoms with Gasteiger partial charge in [0.25, 0.3) is 0 Å². The lowest BCUT2D eigenvalue weighted by atomic mass is 10.1. The Morgan fingerprint density at radius 3 is 2.37 bits per heavy atom. The number of likely N-dealkylation sites (tertiary alicyclic amines) is 1. The lowest BCUT2D eigenvalue weighted by Gasteiger charge is -2.36. The molecule has 1 aliphatic rings. The Bertz CT molecular complexity index is 359. The highest BCUT2D eigenvalue weighted by molar-refractivity contribution is 6.91. The van der Waals surface area contributed by atoms with Gasteiger partial charge in [0.1, 0.15) is 0 Å². The molecule has 2 heteroatoms. The van der Waals surface area contributed by atoms with Gasteiger partial charge < -0.3 is 4.90 Å². The Morgan fingerprint density at radius 2 is 1.74 bits per heavy atom. The molecule has 1 aromatic carbocycles. The van der Waals surface area contributed by atoms with Gasteiger partial charge in [-0.15, -0.1) is 0 Å². The van der Waals surface area contributed by atoms with Crippen molar-refractivity contribution in [1.29, 1.82) is 0 Å². The van der Waals surface area contributed by atoms with Gasteiger partial charge in [-0.2, -0.15) is 0 Å². The van der Waals surface area contributed by atoms with E-state index in [-0.39, 0.29) is 0 Å². The maximum atomic E-state index is 2.75. The van der Waals surface area contributed by atoms with E-state index in [0.29, 0.717) is 0 Å². The van der Waals surface area contributed by atoms with Gasteiger partial charge in [0, 0.05) is 0 Å². The van der Waals surface area contributed by atoms with Crippen molar-refractivity contribution in [3.05, 3.63) is 30.3 Å². The molecule has 0 N–H and O–H groups in total. The van der Waals surface area contributed by atoms with E-state index in [0.717, 1.165) is 0 Å². The fourth-order valence-electron chi connectivity index (χ4n) is 3.33. The van der Waals surface area contributed by atoms with Crippen LogP contribution in [-0.2, 0) is 0 Å². The van der Waals surface area contributed by atoms with E-state index < -0.39 is 8.07 Å². The molecule has 19 heavy (non-hydrogen) atoms. The van der Waals surface area contributed by atoms with Gasteiger partial charge in [-0.1, -0.05) is 74.3 Å². The number of hydrogen-bond donors (Lipinski definition) is 0. The molecule has 0 spiro atoms. The minimum Gasteiger partial charge on any atom is -0.306 e. The first kappa shape index (κ1) is 14.8. The molecule has 0 unspecified atom stereocenters. The highest BCUT2D eigenvalue weighted by Crippen LogP contribution is 2.19. The smallest absolute Gasteiger partial charge is 0.0978 e. The van der Waals surface area contributed by atoms with Gasteiger partial charge in [-0.3, -0.25) is 0 Å². The SMILES string of the molecule is CCCC[Si@](C)(CN1CCCCC1)c1ccccc1. The fourth-order valence-corrected chi connectivity index (χ4v) is 7.40. The molecule has 2 rings (SSSR count). The summed E-state index contributed by atoms with van der Waals surface area (Å²) in [5.41, 5.74) is 0. The van der Waals surface area contributed by atoms with Crippen molar-refractivity contribution >= 4 is 13.3 Å². The molecule has 0 amide bonds. The second-order valence-corrected chi connectivity index (χ2v) is 10.9. The maximum absolute atomic E-state index is 2.75. The third-order valence-corrected chi connectivity index (χ3v) is 8.90. The molecular weight excluding hydrogens is 246 g/mol. The average molecular weight is 276 g/mol. The van der Waals surface area contributed by atoms with E-state index in [1.165, 1.54) is 57.4 Å². The molecule has 0 bridgehead atoms. The van der Waals surface area contributed by atoms with Crippen LogP contribution in [0.25, 0.3) is 0 Å². The van der Waals surface area contributed by atoms with Crippen LogP contribution in [0.5, 0.6) is 0 Å². The molecule has 1 saturated heterocycles. The van der Waals surface area contributed by atoms with Gasteiger partial charge in [0.15, 0.2) is 0 Å². The van der Waals surface area contributed by atoms with Crippen LogP contribution in [-0.4, -0.2) is 32.2 Å². The van der Waals surface area contributed by atoms with E-state index in [1.54, 1.807) is 5.19 Å². The van der Waals surface area contributed by atoms with Gasteiger partial charge in [-0.05, 0) is 32.1 Å². The quantitative estimate of drug-likeness (QED) is 0.714. The maximum Gasteiger partial charge on any atom is 0.0978 e. The van der Waals surface area contributed by atoms with Gasteiger partial charge in [-0.25, -0.2) is 0 Å². The van der Waals surface area contributed by atoms with Crippen LogP contribution in [0.1, 0.15) is 39.0 Å². The van der Waals surface area contributed by atoms with E-state index in [2.05, 4.69) is 48.7 Å². The van der Waals surface area contributed by atoms with Crippen molar-refractivity contribution in [3.8, 4) is 0 Å². The monoisotopic (exact) mass is 275 g/mol. The van der Waals surface area contributed by atoms with Crippen molar-refractivity contribution < 1.29 is 0 Å². The zero-order valence-corrected chi connectivity index (χ0v) is 13.7. The predicted octanol–water partition coefficient (Wildman–Crippen LogP) is 3.80. The van der Waals surface area contributed by atoms with Crippen molar-refractivity contribution in [2.75, 3.05) is 19.3 Å². The molecule has 0 radical (unpaired) electrons. The van der Waals surface area contributed by atoms with Crippen LogP contribution in [0.3, 0.4) is 0 Å². The number of rotatable bonds is 6. The summed E-state index contributed by atoms with van der Waals surface area (Å²) in [7, 11) is -1.31. The molecule has 1 nitrogen and oxygen atoms in total. The van der Waals surface area contributed by atoms with Crippen LogP contribution in [0.4, 0.5) is 0 Å². The van der Waals surface area contributed by atoms with E-state index in [9.17, 15) is 0 Å². The van der Waals surface area contributed by atoms with Crippen LogP contribution in [0.15, 0.2) is 30.3 Å². The minimum absolute atomic E-state index is 1.31. The summed E-state index contributed by atoms with van der Waals surface area (Å²) >= 11 is 0. The average Bonchev–Trinajstić information content (AvgIpc) is 2.47. The normalized spacial score (nSPS) is 20.1. The molecule has 1 heterocycles. The molecule has 0 aliphatic carbocycles. The van der Waals surface area contributed by atoms with E-state index in [1.807, 2.05) is 0 Å². The molecule has 1 atom stereocenters. The lowest BCUT2D eigenvalue weighted by Crippen LogP contribution is -2.55. The van der Waals surface area contributed by atoms with E-state index in [4.69, 9.17) is 0 Å². The van der Waals surface area contributed by atoms with Crippen molar-refractivity contribution in [2.24, 2.45) is 0 Å². The third-order valence-electron chi connectivity index (χ3n) is 4.57. The zero-order valence-electron chi connectivity index (χ0n) is 12.7. The first-order valence-corrected chi connectivity index (χ1v) is 10.9. The summed E-state index contributed by atoms with van der Waals surface area (Å²) in [5, 5.41) is 1.66. The predicted molar refractivity (Wildman–Crippen MR) is 87.7 cm³/mol. The Morgan fingerprint density at radius 1 is 1.05 bits per heavy atom. The van der Waals surface area contributed by atoms with E-state index >= 15 is 0 Å². The standard InChI is InChI=1S/C17H29NSi/c1-3-4-15-19(2,17-11-7-5-8-12-17)16-18-13-9-6-10-14-18/h5,7-8,11-12H,3-4,6,9-10,13-16H2,1-2H3/t19-/m1/s1. The van der Waals surface area contributed by atoms with Crippen molar-refractivity contribution in [1.82, 2.24) is 4.90 Å². The number of unbranched alkanes of at least 4 members (excludes halogenated alkanes) is 1. The first-order chi connectivity index (χ1) is 9.24. The van der Waals surface area contributed by atoms with Crippen LogP contribution >= 0.6 is 0 Å². The Kier molecular flexibility index (Phi) is 5.65. The van der Waals surface area contributed by atoms with Gasteiger partial charge in [0.2, 0.25) is 0 Å². The second-order valence-electron chi connectivity index (χ2n) is 6.37. The highest BCUT2D eigenvalue weighted by Gasteiger charge is 2.31. The minimum atomic E-state index is -1.31. The van der Waals surface area contributed by atoms with Gasteiger partial charge >= 0.3 is 0 Å². The Labute approximate surface area is 120 Å². The van der Waals surface area contributed by atoms with Crippen molar-refractivity contribution in [2.45, 2.75) is 51.6 Å². The summed E-state index contributed by atoms with van der Waals surface area (Å²) < 4.78 is 0. The molecule has 1 aromatic rings. The zero-order chi connectivity index (χ0) is 13.6. The third kappa shape index (κ3) is 4.18. The van der Waals surface area contributed by atoms with Crippen LogP contribution < -0.4 is 5.19 Å². The molecule has 0 saturated carbocycles. The summed E-state index contributed by atoms with van der Waals surface area (Å²) in [6.07, 6.45) is 8.35. The number of nitrogens with zero attached hydrogens (tertiary/aromatic N) is 1. The lowest BCUT2D eigenvalue weighted by molar-refractivity contribution is 0.259. The summed E-state index contributed by atoms with van der Waals surface area (Å²) in [4.78, 5) is 2.75. The Hall–Kier alpha value is -0.603. The number of hydrogen-bond acceptors (Lipinski definition) is 1. The fraction of sp³-hybridized carbons (Fsp3) is 0.647. The van der Waals surface area contributed by atoms with Crippen LogP contribution in [0, 0.1) is 0 Å². The molecule has 106 valence electrons. The topological polar surface area (TPSA) is 3.24 Å². The van der Waals surface area contributed by atoms with Crippen LogP contribution in [0.2, 0.25) is 12.6 Å². The first-order valence-electron chi connectivity index (χ1n) is 8.02. The molecule has 1 aliphatic heterocycles. The second kappa shape index (κ2) is 7.25. The van der Waals surface area contributed by atoms with Crippen molar-refractivity contribution in [3.63, 3.8) is 0 Å². The highest BCUT2D eigenvalue weighted by atomic mass is 28.3. The molecular formula is C17H29NSi. The summed E-state index contributed by atoms with van der Waals surface area (Å²) in [6, 6.07) is 12.8. The summed E-state index contributed by atoms with van der Waals surface area (Å²) in [5.74, 6) is 0.